The second-order valence-corrected chi connectivity index (χ2v) is 5.10. The van der Waals surface area contributed by atoms with Gasteiger partial charge >= 0.3 is 0 Å². The number of fused-ring (bicyclic) bond motifs is 1. The van der Waals surface area contributed by atoms with Crippen LogP contribution in [0, 0.1) is 0 Å². The first-order valence-electron chi connectivity index (χ1n) is 6.52. The molecule has 18 heavy (non-hydrogen) atoms. The Morgan fingerprint density at radius 1 is 1.56 bits per heavy atom. The lowest BCUT2D eigenvalue weighted by atomic mass is 9.93. The number of amides is 1. The molecule has 0 saturated carbocycles. The summed E-state index contributed by atoms with van der Waals surface area (Å²) in [5.74, 6) is 0.969. The lowest BCUT2D eigenvalue weighted by molar-refractivity contribution is -0.123. The van der Waals surface area contributed by atoms with Gasteiger partial charge in [-0.1, -0.05) is 0 Å². The second-order valence-electron chi connectivity index (χ2n) is 5.10. The molecule has 1 amide bonds. The zero-order valence-electron chi connectivity index (χ0n) is 10.2. The minimum absolute atomic E-state index is 0.0226. The van der Waals surface area contributed by atoms with Crippen LogP contribution in [0.25, 0.3) is 0 Å². The molecule has 0 radical (unpaired) electrons. The van der Waals surface area contributed by atoms with E-state index in [4.69, 9.17) is 4.42 Å². The smallest absolute Gasteiger partial charge is 0.237 e. The number of β-amino-alcohol motifs (C(OH)–C–C–N with tert-alkyl or cyclic N) is 1. The van der Waals surface area contributed by atoms with Gasteiger partial charge in [0, 0.05) is 18.5 Å². The molecule has 1 aromatic heterocycles. The van der Waals surface area contributed by atoms with Gasteiger partial charge in [-0.2, -0.15) is 0 Å². The maximum Gasteiger partial charge on any atom is 0.237 e. The molecule has 1 saturated heterocycles. The lowest BCUT2D eigenvalue weighted by Gasteiger charge is -2.24. The Hall–Kier alpha value is -1.33. The zero-order chi connectivity index (χ0) is 12.5. The predicted octanol–water partition coefficient (Wildman–Crippen LogP) is 0.496. The summed E-state index contributed by atoms with van der Waals surface area (Å²) in [4.78, 5) is 12.1. The standard InChI is InChI=1S/C13H18N2O3/c16-8-6-11(14-7-8)13(17)15-10-2-1-3-12-9(10)4-5-18-12/h4-5,8,10-11,14,16H,1-3,6-7H2,(H,15,17). The first kappa shape index (κ1) is 11.7. The average Bonchev–Trinajstić information content (AvgIpc) is 2.97. The molecule has 0 aromatic carbocycles. The van der Waals surface area contributed by atoms with Gasteiger partial charge in [-0.25, -0.2) is 0 Å². The van der Waals surface area contributed by atoms with Crippen LogP contribution in [0.15, 0.2) is 16.7 Å². The first-order chi connectivity index (χ1) is 8.74. The van der Waals surface area contributed by atoms with E-state index < -0.39 is 6.10 Å². The number of nitrogens with one attached hydrogen (secondary N) is 2. The van der Waals surface area contributed by atoms with Crippen LogP contribution in [-0.4, -0.2) is 29.7 Å². The van der Waals surface area contributed by atoms with Gasteiger partial charge in [0.15, 0.2) is 0 Å². The molecule has 3 atom stereocenters. The number of aliphatic hydroxyl groups is 1. The highest BCUT2D eigenvalue weighted by Crippen LogP contribution is 2.30. The van der Waals surface area contributed by atoms with Crippen LogP contribution in [0.4, 0.5) is 0 Å². The van der Waals surface area contributed by atoms with Crippen LogP contribution in [0.5, 0.6) is 0 Å². The Morgan fingerprint density at radius 3 is 3.22 bits per heavy atom. The summed E-state index contributed by atoms with van der Waals surface area (Å²) in [6.07, 6.45) is 4.72. The quantitative estimate of drug-likeness (QED) is 0.714. The minimum atomic E-state index is -0.406. The van der Waals surface area contributed by atoms with Gasteiger partial charge in [-0.05, 0) is 25.3 Å². The third kappa shape index (κ3) is 2.15. The van der Waals surface area contributed by atoms with Crippen molar-refractivity contribution in [3.63, 3.8) is 0 Å². The van der Waals surface area contributed by atoms with Crippen molar-refractivity contribution in [2.24, 2.45) is 0 Å². The SMILES string of the molecule is O=C(NC1CCCc2occc21)C1CC(O)CN1. The highest BCUT2D eigenvalue weighted by Gasteiger charge is 2.31. The number of carbonyl (C=O) groups is 1. The summed E-state index contributed by atoms with van der Waals surface area (Å²) < 4.78 is 5.40. The maximum absolute atomic E-state index is 12.1. The third-order valence-corrected chi connectivity index (χ3v) is 3.79. The van der Waals surface area contributed by atoms with Crippen molar-refractivity contribution in [2.45, 2.75) is 43.9 Å². The number of aryl methyl sites for hydroxylation is 1. The van der Waals surface area contributed by atoms with E-state index in [1.165, 1.54) is 0 Å². The molecule has 1 aliphatic heterocycles. The number of aliphatic hydroxyl groups excluding tert-OH is 1. The van der Waals surface area contributed by atoms with Crippen molar-refractivity contribution in [2.75, 3.05) is 6.54 Å². The molecule has 3 unspecified atom stereocenters. The van der Waals surface area contributed by atoms with Gasteiger partial charge in [-0.3, -0.25) is 4.79 Å². The Kier molecular flexibility index (Phi) is 3.09. The van der Waals surface area contributed by atoms with E-state index >= 15 is 0 Å². The van der Waals surface area contributed by atoms with Crippen molar-refractivity contribution in [1.82, 2.24) is 10.6 Å². The monoisotopic (exact) mass is 250 g/mol. The first-order valence-corrected chi connectivity index (χ1v) is 6.52. The van der Waals surface area contributed by atoms with Crippen LogP contribution >= 0.6 is 0 Å². The fourth-order valence-electron chi connectivity index (χ4n) is 2.83. The van der Waals surface area contributed by atoms with Gasteiger partial charge in [0.1, 0.15) is 5.76 Å². The second kappa shape index (κ2) is 4.74. The molecule has 0 bridgehead atoms. The summed E-state index contributed by atoms with van der Waals surface area (Å²) in [6.45, 7) is 0.500. The van der Waals surface area contributed by atoms with Crippen LogP contribution in [-0.2, 0) is 11.2 Å². The van der Waals surface area contributed by atoms with Crippen molar-refractivity contribution >= 4 is 5.91 Å². The number of hydrogen-bond donors (Lipinski definition) is 3. The van der Waals surface area contributed by atoms with Gasteiger partial charge in [0.05, 0.1) is 24.5 Å². The van der Waals surface area contributed by atoms with Crippen molar-refractivity contribution in [3.05, 3.63) is 23.7 Å². The van der Waals surface area contributed by atoms with Crippen molar-refractivity contribution in [1.29, 1.82) is 0 Å². The maximum atomic E-state index is 12.1. The summed E-state index contributed by atoms with van der Waals surface area (Å²) in [5.41, 5.74) is 1.10. The normalized spacial score (nSPS) is 31.1. The molecular formula is C13H18N2O3. The van der Waals surface area contributed by atoms with Crippen molar-refractivity contribution in [3.8, 4) is 0 Å². The van der Waals surface area contributed by atoms with Crippen LogP contribution in [0.1, 0.15) is 36.6 Å². The van der Waals surface area contributed by atoms with E-state index in [9.17, 15) is 9.90 Å². The fraction of sp³-hybridized carbons (Fsp3) is 0.615. The molecule has 3 N–H and O–H groups in total. The zero-order valence-corrected chi connectivity index (χ0v) is 10.2. The molecule has 3 rings (SSSR count). The summed E-state index contributed by atoms with van der Waals surface area (Å²) in [6, 6.07) is 1.73. The Morgan fingerprint density at radius 2 is 2.44 bits per heavy atom. The number of furan rings is 1. The number of rotatable bonds is 2. The summed E-state index contributed by atoms with van der Waals surface area (Å²) in [7, 11) is 0. The van der Waals surface area contributed by atoms with Crippen LogP contribution in [0.2, 0.25) is 0 Å². The third-order valence-electron chi connectivity index (χ3n) is 3.79. The van der Waals surface area contributed by atoms with E-state index in [0.717, 1.165) is 30.6 Å². The highest BCUT2D eigenvalue weighted by molar-refractivity contribution is 5.82. The Bertz CT molecular complexity index is 443. The van der Waals surface area contributed by atoms with Gasteiger partial charge in [0.2, 0.25) is 5.91 Å². The van der Waals surface area contributed by atoms with E-state index in [-0.39, 0.29) is 18.0 Å². The topological polar surface area (TPSA) is 74.5 Å². The molecule has 98 valence electrons. The van der Waals surface area contributed by atoms with Gasteiger partial charge in [-0.15, -0.1) is 0 Å². The molecule has 2 aliphatic rings. The average molecular weight is 250 g/mol. The number of carbonyl (C=O) groups excluding carboxylic acids is 1. The highest BCUT2D eigenvalue weighted by atomic mass is 16.3. The molecule has 1 aliphatic carbocycles. The van der Waals surface area contributed by atoms with E-state index in [1.54, 1.807) is 6.26 Å². The molecule has 5 heteroatoms. The van der Waals surface area contributed by atoms with Crippen LogP contribution < -0.4 is 10.6 Å². The fourth-order valence-corrected chi connectivity index (χ4v) is 2.83. The largest absolute Gasteiger partial charge is 0.469 e. The minimum Gasteiger partial charge on any atom is -0.469 e. The Labute approximate surface area is 106 Å². The lowest BCUT2D eigenvalue weighted by Crippen LogP contribution is -2.42. The Balaban J connectivity index is 1.66. The number of hydrogen-bond acceptors (Lipinski definition) is 4. The van der Waals surface area contributed by atoms with Gasteiger partial charge in [0.25, 0.3) is 0 Å². The molecule has 1 fully saturated rings. The molecule has 5 nitrogen and oxygen atoms in total. The summed E-state index contributed by atoms with van der Waals surface area (Å²) in [5, 5.41) is 15.5. The molecular weight excluding hydrogens is 232 g/mol. The van der Waals surface area contributed by atoms with E-state index in [2.05, 4.69) is 10.6 Å². The van der Waals surface area contributed by atoms with E-state index in [1.807, 2.05) is 6.07 Å². The molecule has 1 aromatic rings. The van der Waals surface area contributed by atoms with Gasteiger partial charge < -0.3 is 20.2 Å². The molecule has 2 heterocycles. The predicted molar refractivity (Wildman–Crippen MR) is 64.9 cm³/mol. The van der Waals surface area contributed by atoms with Crippen LogP contribution in [0.3, 0.4) is 0 Å². The summed E-state index contributed by atoms with van der Waals surface area (Å²) >= 11 is 0. The van der Waals surface area contributed by atoms with Crippen molar-refractivity contribution < 1.29 is 14.3 Å². The van der Waals surface area contributed by atoms with E-state index in [0.29, 0.717) is 13.0 Å². The molecule has 0 spiro atoms.